The Kier molecular flexibility index (Phi) is 36.9. The molecule has 3 unspecified atom stereocenters. The molecule has 0 aromatic carbocycles. The second-order valence-electron chi connectivity index (χ2n) is 17.0. The predicted molar refractivity (Wildman–Crippen MR) is 258 cm³/mol. The minimum Gasteiger partial charge on any atom is -0.462 e. The van der Waals surface area contributed by atoms with Crippen molar-refractivity contribution in [3.8, 4) is 0 Å². The summed E-state index contributed by atoms with van der Waals surface area (Å²) in [7, 11) is -5.15. The van der Waals surface area contributed by atoms with Crippen molar-refractivity contribution >= 4 is 25.5 Å². The monoisotopic (exact) mass is 953 g/mol. The number of hydrogen-bond donors (Lipinski definition) is 6. The summed E-state index contributed by atoms with van der Waals surface area (Å²) in [5.74, 6) is -1.07. The van der Waals surface area contributed by atoms with Crippen LogP contribution in [0.25, 0.3) is 0 Å². The molecule has 0 bridgehead atoms. The van der Waals surface area contributed by atoms with Crippen LogP contribution in [0.4, 0.5) is 0 Å². The van der Waals surface area contributed by atoms with Gasteiger partial charge in [0.15, 0.2) is 11.9 Å². The highest BCUT2D eigenvalue weighted by molar-refractivity contribution is 7.47. The van der Waals surface area contributed by atoms with Gasteiger partial charge in [0.2, 0.25) is 0 Å². The zero-order chi connectivity index (χ0) is 48.7. The van der Waals surface area contributed by atoms with E-state index in [1.807, 2.05) is 36.5 Å². The van der Waals surface area contributed by atoms with E-state index < -0.39 is 75.7 Å². The first-order chi connectivity index (χ1) is 31.8. The van der Waals surface area contributed by atoms with Gasteiger partial charge in [0.25, 0.3) is 0 Å². The topological polar surface area (TPSA) is 227 Å². The fourth-order valence-corrected chi connectivity index (χ4v) is 7.94. The number of esters is 2. The Labute approximate surface area is 395 Å². The van der Waals surface area contributed by atoms with Crippen LogP contribution < -0.4 is 0 Å². The first kappa shape index (κ1) is 61.0. The lowest BCUT2D eigenvalue weighted by atomic mass is 9.85. The van der Waals surface area contributed by atoms with E-state index in [-0.39, 0.29) is 18.6 Å². The standard InChI is InChI=1S/C51H85O14P/c1-3-5-7-8-9-10-11-12-13-14-15-16-17-18-21-25-28-31-35-39-45(54)64-43(41-63-66(60,61)65-51-49(58)47(56)46(55)48(57)50(51)59)40-62-44(53)38-34-30-27-24-22-19-20-23-26-29-33-37-42(52)36-32-6-4-2/h9-10,12-13,19-20,24,26-27,29,33,37,43,46-51,55-59H,3-8,11,14-18,21-23,25,28,30-32,34-36,38-41H2,1-2H3,(H,60,61)/b10-9-,13-12-,20-19-,27-24-,29-26-,37-33+/t43-,46?,47-,48+,49-,50-,51?/m1/s1. The summed E-state index contributed by atoms with van der Waals surface area (Å²) in [4.78, 5) is 47.5. The molecule has 0 aromatic heterocycles. The molecule has 0 radical (unpaired) electrons. The van der Waals surface area contributed by atoms with Crippen LogP contribution in [0.1, 0.15) is 174 Å². The highest BCUT2D eigenvalue weighted by Crippen LogP contribution is 2.47. The molecule has 8 atom stereocenters. The van der Waals surface area contributed by atoms with Crippen LogP contribution >= 0.6 is 7.82 Å². The van der Waals surface area contributed by atoms with Crippen molar-refractivity contribution in [2.45, 2.75) is 217 Å². The molecule has 1 fully saturated rings. The van der Waals surface area contributed by atoms with Crippen LogP contribution in [0.5, 0.6) is 0 Å². The van der Waals surface area contributed by atoms with E-state index in [0.29, 0.717) is 32.1 Å². The van der Waals surface area contributed by atoms with Gasteiger partial charge < -0.3 is 39.9 Å². The molecule has 1 rings (SSSR count). The van der Waals surface area contributed by atoms with E-state index in [2.05, 4.69) is 38.2 Å². The van der Waals surface area contributed by atoms with Crippen LogP contribution in [-0.4, -0.2) is 104 Å². The minimum atomic E-state index is -5.15. The third kappa shape index (κ3) is 31.8. The van der Waals surface area contributed by atoms with Crippen molar-refractivity contribution in [1.82, 2.24) is 0 Å². The molecule has 66 heavy (non-hydrogen) atoms. The number of aliphatic hydroxyl groups excluding tert-OH is 5. The third-order valence-corrected chi connectivity index (χ3v) is 12.0. The fraction of sp³-hybridized carbons (Fsp3) is 0.706. The average Bonchev–Trinajstić information content (AvgIpc) is 3.29. The van der Waals surface area contributed by atoms with Gasteiger partial charge in [-0.1, -0.05) is 151 Å². The molecular weight excluding hydrogens is 868 g/mol. The van der Waals surface area contributed by atoms with Gasteiger partial charge in [-0.15, -0.1) is 0 Å². The first-order valence-corrected chi connectivity index (χ1v) is 26.2. The number of phosphoric acid groups is 1. The van der Waals surface area contributed by atoms with Crippen molar-refractivity contribution in [2.24, 2.45) is 0 Å². The Morgan fingerprint density at radius 3 is 1.56 bits per heavy atom. The van der Waals surface area contributed by atoms with Gasteiger partial charge in [-0.25, -0.2) is 4.57 Å². The molecule has 0 aliphatic heterocycles. The summed E-state index contributed by atoms with van der Waals surface area (Å²) in [6.07, 6.45) is 33.6. The molecule has 6 N–H and O–H groups in total. The van der Waals surface area contributed by atoms with Gasteiger partial charge in [0.1, 0.15) is 43.2 Å². The van der Waals surface area contributed by atoms with Crippen molar-refractivity contribution in [3.05, 3.63) is 72.9 Å². The second kappa shape index (κ2) is 39.9. The Morgan fingerprint density at radius 1 is 0.515 bits per heavy atom. The van der Waals surface area contributed by atoms with E-state index in [1.54, 1.807) is 12.2 Å². The number of aliphatic hydroxyl groups is 5. The lowest BCUT2D eigenvalue weighted by Gasteiger charge is -2.41. The van der Waals surface area contributed by atoms with Crippen molar-refractivity contribution in [3.63, 3.8) is 0 Å². The fourth-order valence-electron chi connectivity index (χ4n) is 6.97. The highest BCUT2D eigenvalue weighted by Gasteiger charge is 2.51. The highest BCUT2D eigenvalue weighted by atomic mass is 31.2. The third-order valence-electron chi connectivity index (χ3n) is 11.0. The van der Waals surface area contributed by atoms with Crippen LogP contribution in [0.15, 0.2) is 72.9 Å². The number of unbranched alkanes of at least 4 members (excludes halogenated alkanes) is 15. The van der Waals surface area contributed by atoms with E-state index in [9.17, 15) is 49.4 Å². The number of carbonyl (C=O) groups is 3. The van der Waals surface area contributed by atoms with Gasteiger partial charge >= 0.3 is 19.8 Å². The minimum absolute atomic E-state index is 0.0609. The Morgan fingerprint density at radius 2 is 0.970 bits per heavy atom. The van der Waals surface area contributed by atoms with Gasteiger partial charge in [-0.2, -0.15) is 0 Å². The SMILES string of the molecule is CCCCC/C=C\C/C=C\CCCCCCCCCCCC(=O)O[C@H](COC(=O)CCC/C=C\C/C=C\C/C=C\C=C\C(=O)CCCCC)COP(=O)(O)OC1[C@H](O)[C@H](O)C(O)[C@H](O)[C@H]1O. The number of phosphoric ester groups is 1. The van der Waals surface area contributed by atoms with Gasteiger partial charge in [-0.3, -0.25) is 23.4 Å². The summed E-state index contributed by atoms with van der Waals surface area (Å²) in [6, 6.07) is 0. The first-order valence-electron chi connectivity index (χ1n) is 24.7. The van der Waals surface area contributed by atoms with E-state index >= 15 is 0 Å². The molecule has 0 spiro atoms. The molecule has 378 valence electrons. The summed E-state index contributed by atoms with van der Waals surface area (Å²) in [5, 5.41) is 50.2. The molecule has 0 aromatic rings. The molecule has 1 aliphatic rings. The number of hydrogen-bond acceptors (Lipinski definition) is 13. The van der Waals surface area contributed by atoms with E-state index in [1.165, 1.54) is 51.4 Å². The summed E-state index contributed by atoms with van der Waals surface area (Å²) in [5.41, 5.74) is 0. The maximum atomic E-state index is 12.8. The molecule has 0 amide bonds. The number of ether oxygens (including phenoxy) is 2. The summed E-state index contributed by atoms with van der Waals surface area (Å²) < 4.78 is 33.5. The van der Waals surface area contributed by atoms with Crippen LogP contribution in [-0.2, 0) is 37.5 Å². The van der Waals surface area contributed by atoms with E-state index in [4.69, 9.17) is 18.5 Å². The second-order valence-corrected chi connectivity index (χ2v) is 18.4. The molecular formula is C51H85O14P. The number of ketones is 1. The summed E-state index contributed by atoms with van der Waals surface area (Å²) >= 11 is 0. The molecule has 1 saturated carbocycles. The predicted octanol–water partition coefficient (Wildman–Crippen LogP) is 9.46. The Hall–Kier alpha value is -3.04. The van der Waals surface area contributed by atoms with E-state index in [0.717, 1.165) is 64.2 Å². The van der Waals surface area contributed by atoms with Crippen molar-refractivity contribution in [2.75, 3.05) is 13.2 Å². The van der Waals surface area contributed by atoms with Crippen molar-refractivity contribution in [1.29, 1.82) is 0 Å². The molecule has 0 saturated heterocycles. The maximum Gasteiger partial charge on any atom is 0.472 e. The largest absolute Gasteiger partial charge is 0.472 e. The molecule has 15 heteroatoms. The zero-order valence-electron chi connectivity index (χ0n) is 40.0. The van der Waals surface area contributed by atoms with Gasteiger partial charge in [-0.05, 0) is 76.7 Å². The van der Waals surface area contributed by atoms with Gasteiger partial charge in [0, 0.05) is 19.3 Å². The smallest absolute Gasteiger partial charge is 0.462 e. The van der Waals surface area contributed by atoms with Gasteiger partial charge in [0.05, 0.1) is 6.61 Å². The molecule has 0 heterocycles. The van der Waals surface area contributed by atoms with Crippen LogP contribution in [0, 0.1) is 0 Å². The van der Waals surface area contributed by atoms with Crippen LogP contribution in [0.2, 0.25) is 0 Å². The number of allylic oxidation sites excluding steroid dienone is 12. The quantitative estimate of drug-likeness (QED) is 0.00840. The number of rotatable bonds is 40. The molecule has 14 nitrogen and oxygen atoms in total. The zero-order valence-corrected chi connectivity index (χ0v) is 40.9. The number of carbonyl (C=O) groups excluding carboxylic acids is 3. The lowest BCUT2D eigenvalue weighted by Crippen LogP contribution is -2.64. The molecule has 1 aliphatic carbocycles. The maximum absolute atomic E-state index is 12.8. The summed E-state index contributed by atoms with van der Waals surface area (Å²) in [6.45, 7) is 3.06. The Bertz CT molecular complexity index is 1490. The Balaban J connectivity index is 2.49. The van der Waals surface area contributed by atoms with Crippen molar-refractivity contribution < 1.29 is 67.9 Å². The average molecular weight is 953 g/mol. The van der Waals surface area contributed by atoms with Crippen LogP contribution in [0.3, 0.4) is 0 Å². The lowest BCUT2D eigenvalue weighted by molar-refractivity contribution is -0.220. The normalized spacial score (nSPS) is 21.8.